The normalized spacial score (nSPS) is 31.6. The summed E-state index contributed by atoms with van der Waals surface area (Å²) >= 11 is 0. The summed E-state index contributed by atoms with van der Waals surface area (Å²) in [4.78, 5) is 12.0. The quantitative estimate of drug-likeness (QED) is 0.505. The molecule has 1 aromatic rings. The van der Waals surface area contributed by atoms with Gasteiger partial charge in [0.15, 0.2) is 0 Å². The molecule has 2 aliphatic carbocycles. The van der Waals surface area contributed by atoms with E-state index in [1.165, 1.54) is 11.6 Å². The molecule has 0 aromatic carbocycles. The van der Waals surface area contributed by atoms with Crippen molar-refractivity contribution < 1.29 is 19.1 Å². The van der Waals surface area contributed by atoms with Crippen LogP contribution in [-0.4, -0.2) is 17.2 Å². The number of ether oxygens (including phenoxy) is 1. The second kappa shape index (κ2) is 5.92. The highest BCUT2D eigenvalue weighted by molar-refractivity contribution is 5.82. The van der Waals surface area contributed by atoms with Crippen molar-refractivity contribution in [2.75, 3.05) is 0 Å². The third kappa shape index (κ3) is 2.53. The third-order valence-electron chi connectivity index (χ3n) is 5.76. The van der Waals surface area contributed by atoms with E-state index in [0.29, 0.717) is 6.42 Å². The van der Waals surface area contributed by atoms with Gasteiger partial charge in [0.1, 0.15) is 11.9 Å². The second-order valence-electron chi connectivity index (χ2n) is 7.57. The van der Waals surface area contributed by atoms with Gasteiger partial charge in [-0.25, -0.2) is 4.79 Å². The van der Waals surface area contributed by atoms with Gasteiger partial charge in [-0.05, 0) is 26.3 Å². The van der Waals surface area contributed by atoms with E-state index in [9.17, 15) is 9.90 Å². The van der Waals surface area contributed by atoms with E-state index in [4.69, 9.17) is 9.15 Å². The summed E-state index contributed by atoms with van der Waals surface area (Å²) in [7, 11) is 0. The molecule has 0 radical (unpaired) electrons. The molecule has 0 spiro atoms. The average molecular weight is 330 g/mol. The molecule has 24 heavy (non-hydrogen) atoms. The predicted octanol–water partition coefficient (Wildman–Crippen LogP) is 4.03. The molecule has 0 aliphatic heterocycles. The maximum absolute atomic E-state index is 12.0. The van der Waals surface area contributed by atoms with Crippen molar-refractivity contribution in [3.63, 3.8) is 0 Å². The molecular formula is C20H26O4. The van der Waals surface area contributed by atoms with Crippen LogP contribution in [0, 0.1) is 18.3 Å². The van der Waals surface area contributed by atoms with Crippen molar-refractivity contribution in [1.29, 1.82) is 0 Å². The van der Waals surface area contributed by atoms with Crippen LogP contribution in [-0.2, 0) is 16.0 Å². The number of aliphatic hydroxyl groups is 1. The third-order valence-corrected chi connectivity index (χ3v) is 5.76. The topological polar surface area (TPSA) is 59.7 Å². The monoisotopic (exact) mass is 330 g/mol. The lowest BCUT2D eigenvalue weighted by atomic mass is 9.58. The Balaban J connectivity index is 1.92. The Morgan fingerprint density at radius 2 is 2.17 bits per heavy atom. The van der Waals surface area contributed by atoms with Gasteiger partial charge in [0.2, 0.25) is 0 Å². The number of aliphatic hydroxyl groups excluding tert-OH is 1. The first-order valence-electron chi connectivity index (χ1n) is 8.55. The Bertz CT molecular complexity index is 720. The van der Waals surface area contributed by atoms with Crippen molar-refractivity contribution in [2.45, 2.75) is 59.7 Å². The molecule has 4 heteroatoms. The minimum Gasteiger partial charge on any atom is -0.468 e. The molecule has 0 saturated heterocycles. The van der Waals surface area contributed by atoms with Gasteiger partial charge in [-0.3, -0.25) is 0 Å². The number of fused-ring (bicyclic) bond motifs is 2. The lowest BCUT2D eigenvalue weighted by Gasteiger charge is -2.49. The molecule has 0 bridgehead atoms. The Kier molecular flexibility index (Phi) is 4.20. The zero-order valence-electron chi connectivity index (χ0n) is 15.1. The van der Waals surface area contributed by atoms with Crippen LogP contribution in [0.25, 0.3) is 0 Å². The number of rotatable bonds is 2. The Morgan fingerprint density at radius 3 is 2.83 bits per heavy atom. The number of hydrogen-bond acceptors (Lipinski definition) is 4. The molecule has 0 fully saturated rings. The van der Waals surface area contributed by atoms with E-state index >= 15 is 0 Å². The highest BCUT2D eigenvalue weighted by Gasteiger charge is 2.52. The summed E-state index contributed by atoms with van der Waals surface area (Å²) in [5, 5.41) is 11.1. The molecule has 4 atom stereocenters. The minimum absolute atomic E-state index is 0.0180. The summed E-state index contributed by atoms with van der Waals surface area (Å²) in [5.41, 5.74) is 3.53. The average Bonchev–Trinajstić information content (AvgIpc) is 2.86. The number of furan rings is 1. The summed E-state index contributed by atoms with van der Waals surface area (Å²) in [6.07, 6.45) is 5.86. The van der Waals surface area contributed by atoms with Crippen LogP contribution in [0.2, 0.25) is 0 Å². The molecular weight excluding hydrogens is 304 g/mol. The summed E-state index contributed by atoms with van der Waals surface area (Å²) in [6.45, 7) is 9.85. The molecule has 0 saturated carbocycles. The minimum atomic E-state index is -0.647. The summed E-state index contributed by atoms with van der Waals surface area (Å²) in [5.74, 6) is 0.568. The van der Waals surface area contributed by atoms with Crippen LogP contribution in [0.4, 0.5) is 0 Å². The van der Waals surface area contributed by atoms with Gasteiger partial charge in [-0.1, -0.05) is 31.1 Å². The molecule has 0 amide bonds. The Labute approximate surface area is 143 Å². The SMILES string of the molecule is CC(C)=CC(=O)O[C@H]1CC=C2Cc3occ(C)c3[C@@H](O)[C@]2(C)[C@H]1C. The molecule has 2 aliphatic rings. The highest BCUT2D eigenvalue weighted by atomic mass is 16.5. The van der Waals surface area contributed by atoms with Crippen LogP contribution in [0.5, 0.6) is 0 Å². The fourth-order valence-electron chi connectivity index (χ4n) is 4.10. The highest BCUT2D eigenvalue weighted by Crippen LogP contribution is 2.56. The van der Waals surface area contributed by atoms with Crippen LogP contribution >= 0.6 is 0 Å². The second-order valence-corrected chi connectivity index (χ2v) is 7.57. The van der Waals surface area contributed by atoms with Gasteiger partial charge in [0.25, 0.3) is 0 Å². The number of hydrogen-bond donors (Lipinski definition) is 1. The van der Waals surface area contributed by atoms with Crippen molar-refractivity contribution in [3.8, 4) is 0 Å². The zero-order chi connectivity index (χ0) is 17.6. The first-order valence-corrected chi connectivity index (χ1v) is 8.55. The largest absolute Gasteiger partial charge is 0.468 e. The lowest BCUT2D eigenvalue weighted by Crippen LogP contribution is -2.47. The number of aryl methyl sites for hydroxylation is 1. The fourth-order valence-corrected chi connectivity index (χ4v) is 4.10. The van der Waals surface area contributed by atoms with Crippen LogP contribution in [0.1, 0.15) is 57.1 Å². The number of allylic oxidation sites excluding steroid dienone is 1. The zero-order valence-corrected chi connectivity index (χ0v) is 15.1. The molecule has 1 N–H and O–H groups in total. The van der Waals surface area contributed by atoms with Crippen molar-refractivity contribution in [2.24, 2.45) is 11.3 Å². The van der Waals surface area contributed by atoms with Crippen LogP contribution < -0.4 is 0 Å². The molecule has 0 unspecified atom stereocenters. The van der Waals surface area contributed by atoms with Gasteiger partial charge >= 0.3 is 5.97 Å². The lowest BCUT2D eigenvalue weighted by molar-refractivity contribution is -0.151. The van der Waals surface area contributed by atoms with Gasteiger partial charge in [0, 0.05) is 35.8 Å². The number of esters is 1. The first-order chi connectivity index (χ1) is 11.2. The molecule has 130 valence electrons. The van der Waals surface area contributed by atoms with Crippen LogP contribution in [0.3, 0.4) is 0 Å². The summed E-state index contributed by atoms with van der Waals surface area (Å²) in [6, 6.07) is 0. The molecule has 3 rings (SSSR count). The number of carbonyl (C=O) groups excluding carboxylic acids is 1. The van der Waals surface area contributed by atoms with E-state index in [2.05, 4.69) is 19.9 Å². The molecule has 1 heterocycles. The van der Waals surface area contributed by atoms with Crippen molar-refractivity contribution in [1.82, 2.24) is 0 Å². The van der Waals surface area contributed by atoms with Gasteiger partial charge in [-0.15, -0.1) is 0 Å². The van der Waals surface area contributed by atoms with E-state index in [1.54, 1.807) is 6.26 Å². The van der Waals surface area contributed by atoms with Gasteiger partial charge < -0.3 is 14.3 Å². The van der Waals surface area contributed by atoms with Crippen molar-refractivity contribution in [3.05, 3.63) is 46.4 Å². The number of carbonyl (C=O) groups is 1. The first kappa shape index (κ1) is 17.0. The predicted molar refractivity (Wildman–Crippen MR) is 91.4 cm³/mol. The van der Waals surface area contributed by atoms with E-state index < -0.39 is 11.5 Å². The van der Waals surface area contributed by atoms with Gasteiger partial charge in [0.05, 0.1) is 12.4 Å². The van der Waals surface area contributed by atoms with Crippen molar-refractivity contribution >= 4 is 5.97 Å². The van der Waals surface area contributed by atoms with E-state index in [-0.39, 0.29) is 18.0 Å². The van der Waals surface area contributed by atoms with Gasteiger partial charge in [-0.2, -0.15) is 0 Å². The summed E-state index contributed by atoms with van der Waals surface area (Å²) < 4.78 is 11.3. The maximum Gasteiger partial charge on any atom is 0.330 e. The Morgan fingerprint density at radius 1 is 1.46 bits per heavy atom. The van der Waals surface area contributed by atoms with E-state index in [1.807, 2.05) is 20.8 Å². The molecule has 4 nitrogen and oxygen atoms in total. The smallest absolute Gasteiger partial charge is 0.330 e. The van der Waals surface area contributed by atoms with E-state index in [0.717, 1.165) is 28.9 Å². The maximum atomic E-state index is 12.0. The Hall–Kier alpha value is -1.81. The standard InChI is InChI=1S/C20H26O4/c1-11(2)8-17(21)24-15-7-6-14-9-16-18(12(3)10-23-16)19(22)20(14,5)13(15)4/h6,8,10,13,15,19,22H,7,9H2,1-5H3/t13-,15-,19+,20+/m0/s1. The fraction of sp³-hybridized carbons (Fsp3) is 0.550. The molecule has 1 aromatic heterocycles. The van der Waals surface area contributed by atoms with Crippen LogP contribution in [0.15, 0.2) is 34.0 Å².